The third-order valence-electron chi connectivity index (χ3n) is 6.30. The van der Waals surface area contributed by atoms with Crippen LogP contribution in [0.15, 0.2) is 60.8 Å². The van der Waals surface area contributed by atoms with Crippen molar-refractivity contribution >= 4 is 40.0 Å². The Balaban J connectivity index is 1.59. The van der Waals surface area contributed by atoms with Gasteiger partial charge in [0.15, 0.2) is 0 Å². The van der Waals surface area contributed by atoms with Gasteiger partial charge < -0.3 is 15.2 Å². The van der Waals surface area contributed by atoms with Crippen molar-refractivity contribution in [1.29, 1.82) is 0 Å². The Hall–Kier alpha value is -3.64. The highest BCUT2D eigenvalue weighted by Crippen LogP contribution is 2.31. The van der Waals surface area contributed by atoms with Gasteiger partial charge in [-0.1, -0.05) is 48.0 Å². The Kier molecular flexibility index (Phi) is 7.22. The first-order valence-corrected chi connectivity index (χ1v) is 11.9. The molecule has 2 aromatic heterocycles. The first-order valence-electron chi connectivity index (χ1n) is 11.5. The number of hydrogen-bond donors (Lipinski definition) is 2. The van der Waals surface area contributed by atoms with Crippen molar-refractivity contribution in [3.63, 3.8) is 0 Å². The van der Waals surface area contributed by atoms with Gasteiger partial charge in [-0.3, -0.25) is 14.6 Å². The molecule has 180 valence electrons. The molecule has 0 fully saturated rings. The molecule has 4 rings (SSSR count). The van der Waals surface area contributed by atoms with Crippen molar-refractivity contribution in [2.75, 3.05) is 11.9 Å². The number of carbonyl (C=O) groups excluding carboxylic acids is 2. The number of hydrogen-bond acceptors (Lipinski definition) is 3. The number of anilines is 1. The van der Waals surface area contributed by atoms with Crippen LogP contribution in [0.4, 0.5) is 5.69 Å². The summed E-state index contributed by atoms with van der Waals surface area (Å²) >= 11 is 6.38. The largest absolute Gasteiger partial charge is 0.357 e. The van der Waals surface area contributed by atoms with E-state index in [4.69, 9.17) is 11.6 Å². The first kappa shape index (κ1) is 24.5. The fraction of sp³-hybridized carbons (Fsp3) is 0.250. The fourth-order valence-corrected chi connectivity index (χ4v) is 4.54. The Morgan fingerprint density at radius 1 is 1.06 bits per heavy atom. The molecule has 0 saturated heterocycles. The summed E-state index contributed by atoms with van der Waals surface area (Å²) < 4.78 is 0. The molecule has 2 aromatic carbocycles. The van der Waals surface area contributed by atoms with E-state index in [2.05, 4.69) is 15.3 Å². The standard InChI is InChI=1S/C28H29ClN4O2/c1-17-10-13-23(29)27-26(17)22(19(3)31-27)15-25(34)32-24(14-20-8-6-5-7-9-20)28(35)33(4)21-12-11-18(2)30-16-21/h5-13,16,24,31H,14-15H2,1-4H3,(H,32,34)/t24-/m0/s1. The van der Waals surface area contributed by atoms with Crippen LogP contribution in [0, 0.1) is 20.8 Å². The molecule has 0 spiro atoms. The minimum absolute atomic E-state index is 0.140. The minimum Gasteiger partial charge on any atom is -0.357 e. The number of nitrogens with zero attached hydrogens (tertiary/aromatic N) is 2. The highest BCUT2D eigenvalue weighted by Gasteiger charge is 2.26. The maximum atomic E-state index is 13.5. The van der Waals surface area contributed by atoms with Crippen LogP contribution in [0.25, 0.3) is 10.9 Å². The molecule has 0 aliphatic heterocycles. The second-order valence-electron chi connectivity index (χ2n) is 8.88. The number of nitrogens with one attached hydrogen (secondary N) is 2. The van der Waals surface area contributed by atoms with E-state index in [1.54, 1.807) is 18.1 Å². The highest BCUT2D eigenvalue weighted by atomic mass is 35.5. The number of aryl methyl sites for hydroxylation is 3. The topological polar surface area (TPSA) is 78.1 Å². The summed E-state index contributed by atoms with van der Waals surface area (Å²) in [6.45, 7) is 5.83. The number of pyridine rings is 1. The number of benzene rings is 2. The third-order valence-corrected chi connectivity index (χ3v) is 6.61. The van der Waals surface area contributed by atoms with Crippen molar-refractivity contribution in [3.8, 4) is 0 Å². The normalized spacial score (nSPS) is 11.9. The molecule has 35 heavy (non-hydrogen) atoms. The van der Waals surface area contributed by atoms with Gasteiger partial charge in [0.05, 0.1) is 28.8 Å². The number of H-pyrrole nitrogens is 1. The van der Waals surface area contributed by atoms with Crippen LogP contribution in [0.3, 0.4) is 0 Å². The summed E-state index contributed by atoms with van der Waals surface area (Å²) in [7, 11) is 1.70. The molecule has 2 heterocycles. The van der Waals surface area contributed by atoms with Crippen molar-refractivity contribution in [2.45, 2.75) is 39.7 Å². The molecule has 0 bridgehead atoms. The van der Waals surface area contributed by atoms with Gasteiger partial charge in [-0.05, 0) is 55.7 Å². The average molecular weight is 489 g/mol. The molecule has 2 N–H and O–H groups in total. The van der Waals surface area contributed by atoms with Crippen LogP contribution in [0.1, 0.15) is 28.1 Å². The van der Waals surface area contributed by atoms with Gasteiger partial charge in [-0.25, -0.2) is 0 Å². The Morgan fingerprint density at radius 2 is 1.80 bits per heavy atom. The molecule has 0 saturated carbocycles. The number of carbonyl (C=O) groups is 2. The molecule has 0 aliphatic carbocycles. The number of fused-ring (bicyclic) bond motifs is 1. The lowest BCUT2D eigenvalue weighted by molar-refractivity contribution is -0.127. The maximum Gasteiger partial charge on any atom is 0.249 e. The molecular formula is C28H29ClN4O2. The summed E-state index contributed by atoms with van der Waals surface area (Å²) in [5.41, 5.74) is 6.15. The third kappa shape index (κ3) is 5.38. The minimum atomic E-state index is -0.730. The number of likely N-dealkylation sites (N-methyl/N-ethyl adjacent to an activating group) is 1. The van der Waals surface area contributed by atoms with E-state index in [0.717, 1.165) is 39.0 Å². The Labute approximate surface area is 210 Å². The van der Waals surface area contributed by atoms with E-state index < -0.39 is 6.04 Å². The van der Waals surface area contributed by atoms with Crippen LogP contribution < -0.4 is 10.2 Å². The summed E-state index contributed by atoms with van der Waals surface area (Å²) in [4.78, 5) is 35.9. The lowest BCUT2D eigenvalue weighted by Gasteiger charge is -2.25. The average Bonchev–Trinajstić information content (AvgIpc) is 3.18. The fourth-order valence-electron chi connectivity index (χ4n) is 4.34. The zero-order valence-electron chi connectivity index (χ0n) is 20.4. The molecule has 0 aliphatic rings. The Bertz CT molecular complexity index is 1360. The second kappa shape index (κ2) is 10.3. The highest BCUT2D eigenvalue weighted by molar-refractivity contribution is 6.35. The molecule has 4 aromatic rings. The second-order valence-corrected chi connectivity index (χ2v) is 9.29. The Morgan fingerprint density at radius 3 is 2.49 bits per heavy atom. The summed E-state index contributed by atoms with van der Waals surface area (Å²) in [6, 6.07) is 16.5. The van der Waals surface area contributed by atoms with Crippen molar-refractivity contribution in [3.05, 3.63) is 93.9 Å². The SMILES string of the molecule is Cc1ccc(N(C)C(=O)[C@H](Cc2ccccc2)NC(=O)Cc2c(C)[nH]c3c(Cl)ccc(C)c23)cn1. The number of rotatable bonds is 7. The summed E-state index contributed by atoms with van der Waals surface area (Å²) in [5.74, 6) is -0.430. The van der Waals surface area contributed by atoms with E-state index in [1.807, 2.05) is 75.4 Å². The molecule has 6 nitrogen and oxygen atoms in total. The van der Waals surface area contributed by atoms with E-state index in [0.29, 0.717) is 17.1 Å². The zero-order chi connectivity index (χ0) is 25.1. The van der Waals surface area contributed by atoms with E-state index in [-0.39, 0.29) is 18.2 Å². The van der Waals surface area contributed by atoms with Crippen LogP contribution in [-0.4, -0.2) is 34.9 Å². The molecule has 1 atom stereocenters. The van der Waals surface area contributed by atoms with Gasteiger partial charge in [-0.15, -0.1) is 0 Å². The van der Waals surface area contributed by atoms with E-state index >= 15 is 0 Å². The molecule has 0 unspecified atom stereocenters. The van der Waals surface area contributed by atoms with Gasteiger partial charge in [0.1, 0.15) is 6.04 Å². The van der Waals surface area contributed by atoms with Gasteiger partial charge in [0, 0.05) is 30.2 Å². The predicted octanol–water partition coefficient (Wildman–Crippen LogP) is 5.07. The number of aromatic nitrogens is 2. The lowest BCUT2D eigenvalue weighted by atomic mass is 10.0. The van der Waals surface area contributed by atoms with Crippen LogP contribution >= 0.6 is 11.6 Å². The van der Waals surface area contributed by atoms with E-state index in [9.17, 15) is 9.59 Å². The van der Waals surface area contributed by atoms with Crippen molar-refractivity contribution in [1.82, 2.24) is 15.3 Å². The van der Waals surface area contributed by atoms with Crippen molar-refractivity contribution in [2.24, 2.45) is 0 Å². The quantitative estimate of drug-likeness (QED) is 0.381. The van der Waals surface area contributed by atoms with Crippen LogP contribution in [0.5, 0.6) is 0 Å². The van der Waals surface area contributed by atoms with Crippen LogP contribution in [-0.2, 0) is 22.4 Å². The summed E-state index contributed by atoms with van der Waals surface area (Å²) in [5, 5.41) is 4.57. The number of aromatic amines is 1. The number of amides is 2. The van der Waals surface area contributed by atoms with Gasteiger partial charge in [-0.2, -0.15) is 0 Å². The van der Waals surface area contributed by atoms with Crippen molar-refractivity contribution < 1.29 is 9.59 Å². The zero-order valence-corrected chi connectivity index (χ0v) is 21.1. The maximum absolute atomic E-state index is 13.5. The van der Waals surface area contributed by atoms with Gasteiger partial charge in [0.2, 0.25) is 11.8 Å². The predicted molar refractivity (Wildman–Crippen MR) is 141 cm³/mol. The molecule has 2 amide bonds. The number of halogens is 1. The lowest BCUT2D eigenvalue weighted by Crippen LogP contribution is -2.49. The summed E-state index contributed by atoms with van der Waals surface area (Å²) in [6.07, 6.45) is 2.19. The molecular weight excluding hydrogens is 460 g/mol. The smallest absolute Gasteiger partial charge is 0.249 e. The molecule has 7 heteroatoms. The van der Waals surface area contributed by atoms with Gasteiger partial charge in [0.25, 0.3) is 0 Å². The monoisotopic (exact) mass is 488 g/mol. The van der Waals surface area contributed by atoms with Gasteiger partial charge >= 0.3 is 0 Å². The molecule has 0 radical (unpaired) electrons. The van der Waals surface area contributed by atoms with Crippen LogP contribution in [0.2, 0.25) is 5.02 Å². The van der Waals surface area contributed by atoms with E-state index in [1.165, 1.54) is 0 Å². The first-order chi connectivity index (χ1) is 16.7.